The Labute approximate surface area is 85.0 Å². The quantitative estimate of drug-likeness (QED) is 0.703. The lowest BCUT2D eigenvalue weighted by atomic mass is 10.1. The minimum atomic E-state index is -1.17. The first-order chi connectivity index (χ1) is 6.06. The first-order valence-corrected chi connectivity index (χ1v) is 4.04. The van der Waals surface area contributed by atoms with Crippen molar-refractivity contribution in [3.8, 4) is 6.07 Å². The Morgan fingerprint density at radius 3 is 2.69 bits per heavy atom. The van der Waals surface area contributed by atoms with Crippen LogP contribution in [0.5, 0.6) is 0 Å². The highest BCUT2D eigenvalue weighted by atomic mass is 35.5. The number of benzene rings is 1. The molecule has 0 aliphatic heterocycles. The maximum atomic E-state index is 10.6. The molecule has 0 aromatic heterocycles. The Morgan fingerprint density at radius 1 is 1.62 bits per heavy atom. The summed E-state index contributed by atoms with van der Waals surface area (Å²) in [7, 11) is 0. The van der Waals surface area contributed by atoms with Crippen molar-refractivity contribution in [2.75, 3.05) is 0 Å². The Hall–Kier alpha value is -1.18. The third-order valence-corrected chi connectivity index (χ3v) is 2.25. The number of aromatic carboxylic acids is 1. The summed E-state index contributed by atoms with van der Waals surface area (Å²) >= 11 is 9.60. The smallest absolute Gasteiger partial charge is 0.337 e. The average Bonchev–Trinajstić information content (AvgIpc) is 2.08. The third kappa shape index (κ3) is 1.94. The van der Waals surface area contributed by atoms with E-state index < -0.39 is 5.97 Å². The molecule has 0 aliphatic rings. The molecule has 13 heavy (non-hydrogen) atoms. The van der Waals surface area contributed by atoms with Crippen LogP contribution in [0.2, 0.25) is 5.02 Å². The predicted octanol–water partition coefficient (Wildman–Crippen LogP) is 2.20. The maximum absolute atomic E-state index is 10.6. The zero-order valence-corrected chi connectivity index (χ0v) is 7.93. The Balaban J connectivity index is 3.44. The molecule has 1 N–H and O–H groups in total. The van der Waals surface area contributed by atoms with E-state index in [4.69, 9.17) is 22.0 Å². The minimum Gasteiger partial charge on any atom is -0.478 e. The Morgan fingerprint density at radius 2 is 2.23 bits per heavy atom. The lowest BCUT2D eigenvalue weighted by Crippen LogP contribution is -2.00. The summed E-state index contributed by atoms with van der Waals surface area (Å²) in [5, 5.41) is 17.5. The number of halogens is 1. The molecule has 0 radical (unpaired) electrons. The topological polar surface area (TPSA) is 61.1 Å². The molecule has 0 spiro atoms. The van der Waals surface area contributed by atoms with Crippen molar-refractivity contribution in [3.63, 3.8) is 0 Å². The fourth-order valence-corrected chi connectivity index (χ4v) is 1.19. The molecule has 0 unspecified atom stereocenters. The van der Waals surface area contributed by atoms with E-state index >= 15 is 0 Å². The van der Waals surface area contributed by atoms with E-state index in [0.29, 0.717) is 4.90 Å². The van der Waals surface area contributed by atoms with Crippen molar-refractivity contribution in [2.45, 2.75) is 4.90 Å². The highest BCUT2D eigenvalue weighted by Gasteiger charge is 2.12. The normalized spacial score (nSPS) is 9.31. The summed E-state index contributed by atoms with van der Waals surface area (Å²) < 4.78 is 0. The molecule has 0 heterocycles. The lowest BCUT2D eigenvalue weighted by Gasteiger charge is -2.01. The van der Waals surface area contributed by atoms with Gasteiger partial charge >= 0.3 is 5.97 Å². The van der Waals surface area contributed by atoms with Crippen LogP contribution in [0.25, 0.3) is 0 Å². The predicted molar refractivity (Wildman–Crippen MR) is 50.4 cm³/mol. The molecular formula is C8H4ClNO2S. The number of hydrogen-bond donors (Lipinski definition) is 2. The first kappa shape index (κ1) is 9.90. The number of carboxylic acids is 1. The van der Waals surface area contributed by atoms with Gasteiger partial charge in [0.2, 0.25) is 0 Å². The minimum absolute atomic E-state index is 0.0573. The lowest BCUT2D eigenvalue weighted by molar-refractivity contribution is 0.0696. The van der Waals surface area contributed by atoms with Crippen LogP contribution in [-0.2, 0) is 0 Å². The highest BCUT2D eigenvalue weighted by Crippen LogP contribution is 2.24. The summed E-state index contributed by atoms with van der Waals surface area (Å²) in [5.74, 6) is -1.17. The largest absolute Gasteiger partial charge is 0.478 e. The molecule has 0 amide bonds. The fraction of sp³-hybridized carbons (Fsp3) is 0. The summed E-state index contributed by atoms with van der Waals surface area (Å²) in [4.78, 5) is 11.0. The van der Waals surface area contributed by atoms with Crippen molar-refractivity contribution in [1.29, 1.82) is 5.26 Å². The molecule has 0 atom stereocenters. The van der Waals surface area contributed by atoms with Gasteiger partial charge in [-0.05, 0) is 12.1 Å². The molecule has 1 aromatic carbocycles. The van der Waals surface area contributed by atoms with Gasteiger partial charge in [0.15, 0.2) is 0 Å². The van der Waals surface area contributed by atoms with Crippen LogP contribution in [-0.4, -0.2) is 11.1 Å². The number of hydrogen-bond acceptors (Lipinski definition) is 3. The van der Waals surface area contributed by atoms with Crippen LogP contribution >= 0.6 is 24.2 Å². The van der Waals surface area contributed by atoms with Crippen molar-refractivity contribution in [1.82, 2.24) is 0 Å². The van der Waals surface area contributed by atoms with E-state index in [2.05, 4.69) is 12.6 Å². The number of carboxylic acid groups (broad SMARTS) is 1. The van der Waals surface area contributed by atoms with Gasteiger partial charge in [-0.25, -0.2) is 4.79 Å². The Bertz CT molecular complexity index is 411. The number of nitriles is 1. The molecule has 3 nitrogen and oxygen atoms in total. The van der Waals surface area contributed by atoms with Crippen molar-refractivity contribution < 1.29 is 9.90 Å². The maximum Gasteiger partial charge on any atom is 0.337 e. The Kier molecular flexibility index (Phi) is 2.81. The van der Waals surface area contributed by atoms with E-state index in [0.717, 1.165) is 0 Å². The molecule has 0 saturated carbocycles. The second kappa shape index (κ2) is 3.69. The summed E-state index contributed by atoms with van der Waals surface area (Å²) in [6, 6.07) is 4.30. The summed E-state index contributed by atoms with van der Waals surface area (Å²) in [6.45, 7) is 0. The van der Waals surface area contributed by atoms with Gasteiger partial charge in [-0.1, -0.05) is 11.6 Å². The fourth-order valence-electron chi connectivity index (χ4n) is 0.831. The third-order valence-electron chi connectivity index (χ3n) is 1.44. The second-order valence-corrected chi connectivity index (χ2v) is 3.16. The molecule has 0 fully saturated rings. The van der Waals surface area contributed by atoms with Crippen molar-refractivity contribution >= 4 is 30.2 Å². The molecular weight excluding hydrogens is 210 g/mol. The van der Waals surface area contributed by atoms with E-state index in [-0.39, 0.29) is 16.1 Å². The molecule has 66 valence electrons. The van der Waals surface area contributed by atoms with Crippen LogP contribution in [0.4, 0.5) is 0 Å². The SMILES string of the molecule is N#Cc1cc(S)c(Cl)cc1C(=O)O. The van der Waals surface area contributed by atoms with Crippen LogP contribution in [0.3, 0.4) is 0 Å². The number of thiol groups is 1. The number of rotatable bonds is 1. The number of carbonyl (C=O) groups is 1. The van der Waals surface area contributed by atoms with Gasteiger partial charge in [0.25, 0.3) is 0 Å². The van der Waals surface area contributed by atoms with E-state index in [1.807, 2.05) is 0 Å². The van der Waals surface area contributed by atoms with Crippen LogP contribution in [0.15, 0.2) is 17.0 Å². The van der Waals surface area contributed by atoms with E-state index in [1.54, 1.807) is 6.07 Å². The molecule has 0 aliphatic carbocycles. The number of nitrogens with zero attached hydrogens (tertiary/aromatic N) is 1. The standard InChI is InChI=1S/C8H4ClNO2S/c9-6-2-5(8(11)12)4(3-10)1-7(6)13/h1-2,13H,(H,11,12). The summed E-state index contributed by atoms with van der Waals surface area (Å²) in [6.07, 6.45) is 0. The average molecular weight is 214 g/mol. The van der Waals surface area contributed by atoms with Crippen LogP contribution < -0.4 is 0 Å². The molecule has 1 aromatic rings. The van der Waals surface area contributed by atoms with Crippen molar-refractivity contribution in [3.05, 3.63) is 28.3 Å². The zero-order chi connectivity index (χ0) is 10.0. The second-order valence-electron chi connectivity index (χ2n) is 2.27. The monoisotopic (exact) mass is 213 g/mol. The van der Waals surface area contributed by atoms with Gasteiger partial charge in [0.05, 0.1) is 16.1 Å². The van der Waals surface area contributed by atoms with Gasteiger partial charge in [-0.3, -0.25) is 0 Å². The molecule has 0 saturated heterocycles. The van der Waals surface area contributed by atoms with Gasteiger partial charge in [0, 0.05) is 4.90 Å². The van der Waals surface area contributed by atoms with Gasteiger partial charge in [0.1, 0.15) is 6.07 Å². The van der Waals surface area contributed by atoms with Crippen molar-refractivity contribution in [2.24, 2.45) is 0 Å². The van der Waals surface area contributed by atoms with E-state index in [1.165, 1.54) is 12.1 Å². The highest BCUT2D eigenvalue weighted by molar-refractivity contribution is 7.80. The zero-order valence-electron chi connectivity index (χ0n) is 6.28. The first-order valence-electron chi connectivity index (χ1n) is 3.22. The van der Waals surface area contributed by atoms with Gasteiger partial charge in [-0.2, -0.15) is 5.26 Å². The molecule has 0 bridgehead atoms. The van der Waals surface area contributed by atoms with Crippen LogP contribution in [0.1, 0.15) is 15.9 Å². The van der Waals surface area contributed by atoms with Gasteiger partial charge in [-0.15, -0.1) is 12.6 Å². The molecule has 1 rings (SSSR count). The molecule has 5 heteroatoms. The van der Waals surface area contributed by atoms with E-state index in [9.17, 15) is 4.79 Å². The van der Waals surface area contributed by atoms with Gasteiger partial charge < -0.3 is 5.11 Å². The van der Waals surface area contributed by atoms with Crippen LogP contribution in [0, 0.1) is 11.3 Å². The summed E-state index contributed by atoms with van der Waals surface area (Å²) in [5.41, 5.74) is -0.0489.